The van der Waals surface area contributed by atoms with E-state index in [0.29, 0.717) is 27.2 Å². The number of thiophene rings is 1. The van der Waals surface area contributed by atoms with Crippen LogP contribution in [0.15, 0.2) is 4.79 Å². The van der Waals surface area contributed by atoms with E-state index in [1.807, 2.05) is 0 Å². The van der Waals surface area contributed by atoms with E-state index in [1.54, 1.807) is 11.5 Å². The number of hydrogen-bond donors (Lipinski definition) is 1. The first kappa shape index (κ1) is 18.2. The molecule has 0 radical (unpaired) electrons. The average molecular weight is 389 g/mol. The van der Waals surface area contributed by atoms with Crippen molar-refractivity contribution in [3.63, 3.8) is 0 Å². The molecule has 0 bridgehead atoms. The van der Waals surface area contributed by atoms with Crippen LogP contribution in [0.4, 0.5) is 0 Å². The fourth-order valence-electron chi connectivity index (χ4n) is 3.86. The molecule has 144 valence electrons. The Bertz CT molecular complexity index is 989. The van der Waals surface area contributed by atoms with E-state index in [-0.39, 0.29) is 17.5 Å². The molecule has 2 aromatic heterocycles. The van der Waals surface area contributed by atoms with E-state index in [4.69, 9.17) is 4.98 Å². The first-order chi connectivity index (χ1) is 12.9. The third-order valence-corrected chi connectivity index (χ3v) is 6.73. The van der Waals surface area contributed by atoms with Crippen molar-refractivity contribution in [2.24, 2.45) is 0 Å². The minimum atomic E-state index is -1.01. The smallest absolute Gasteiger partial charge is 0.326 e. The number of carboxylic acid groups (broad SMARTS) is 1. The molecule has 1 atom stereocenters. The maximum Gasteiger partial charge on any atom is 0.326 e. The van der Waals surface area contributed by atoms with Crippen LogP contribution in [-0.2, 0) is 17.8 Å². The largest absolute Gasteiger partial charge is 0.480 e. The molecule has 0 saturated heterocycles. The van der Waals surface area contributed by atoms with Crippen LogP contribution in [0, 0.1) is 6.92 Å². The number of aryl methyl sites for hydroxylation is 2. The molecule has 1 fully saturated rings. The van der Waals surface area contributed by atoms with Crippen LogP contribution in [0.25, 0.3) is 10.2 Å². The lowest BCUT2D eigenvalue weighted by Crippen LogP contribution is -2.44. The predicted octanol–water partition coefficient (Wildman–Crippen LogP) is 2.57. The summed E-state index contributed by atoms with van der Waals surface area (Å²) >= 11 is 1.22. The van der Waals surface area contributed by atoms with Crippen molar-refractivity contribution in [3.8, 4) is 0 Å². The second-order valence-corrected chi connectivity index (χ2v) is 8.49. The molecule has 1 N–H and O–H groups in total. The molecule has 1 amide bonds. The topological polar surface area (TPSA) is 92.5 Å². The van der Waals surface area contributed by atoms with E-state index in [1.165, 1.54) is 23.2 Å². The number of aliphatic carboxylic acids is 1. The van der Waals surface area contributed by atoms with E-state index in [9.17, 15) is 19.5 Å². The molecule has 7 nitrogen and oxygen atoms in total. The van der Waals surface area contributed by atoms with Crippen LogP contribution in [-0.4, -0.2) is 43.5 Å². The summed E-state index contributed by atoms with van der Waals surface area (Å²) < 4.78 is 1.75. The number of fused-ring (bicyclic) bond motifs is 2. The summed E-state index contributed by atoms with van der Waals surface area (Å²) in [5.74, 6) is -0.519. The standard InChI is InChI=1S/C19H23N3O4S/c1-10-14-16(20-13-6-4-3-5-9-21(13)17(14)23)27-15(10)18(24)22(12-7-8-12)11(2)19(25)26/h11-12H,3-9H2,1-2H3,(H,25,26). The molecule has 4 rings (SSSR count). The Morgan fingerprint density at radius 3 is 2.70 bits per heavy atom. The lowest BCUT2D eigenvalue weighted by Gasteiger charge is -2.26. The predicted molar refractivity (Wildman–Crippen MR) is 102 cm³/mol. The highest BCUT2D eigenvalue weighted by atomic mass is 32.1. The van der Waals surface area contributed by atoms with Gasteiger partial charge in [-0.1, -0.05) is 6.42 Å². The van der Waals surface area contributed by atoms with Gasteiger partial charge in [0, 0.05) is 19.0 Å². The molecule has 27 heavy (non-hydrogen) atoms. The summed E-state index contributed by atoms with van der Waals surface area (Å²) in [5, 5.41) is 9.90. The molecule has 2 aliphatic rings. The average Bonchev–Trinajstić information content (AvgIpc) is 3.42. The maximum atomic E-state index is 13.2. The van der Waals surface area contributed by atoms with E-state index < -0.39 is 12.0 Å². The minimum absolute atomic E-state index is 0.0287. The number of aromatic nitrogens is 2. The van der Waals surface area contributed by atoms with Crippen molar-refractivity contribution >= 4 is 33.4 Å². The Balaban J connectivity index is 1.82. The van der Waals surface area contributed by atoms with Crippen LogP contribution in [0.5, 0.6) is 0 Å². The Hall–Kier alpha value is -2.22. The number of amides is 1. The number of carboxylic acids is 1. The number of rotatable bonds is 4. The fourth-order valence-corrected chi connectivity index (χ4v) is 5.00. The molecule has 0 spiro atoms. The van der Waals surface area contributed by atoms with Crippen molar-refractivity contribution in [1.29, 1.82) is 0 Å². The van der Waals surface area contributed by atoms with Crippen molar-refractivity contribution in [2.45, 2.75) is 71.0 Å². The van der Waals surface area contributed by atoms with Crippen molar-refractivity contribution in [1.82, 2.24) is 14.5 Å². The molecule has 0 aromatic carbocycles. The van der Waals surface area contributed by atoms with Crippen molar-refractivity contribution in [2.75, 3.05) is 0 Å². The van der Waals surface area contributed by atoms with Gasteiger partial charge in [0.15, 0.2) is 0 Å². The maximum absolute atomic E-state index is 13.2. The molecule has 1 unspecified atom stereocenters. The highest BCUT2D eigenvalue weighted by Gasteiger charge is 2.40. The molecular weight excluding hydrogens is 366 g/mol. The van der Waals surface area contributed by atoms with Gasteiger partial charge >= 0.3 is 5.97 Å². The first-order valence-corrected chi connectivity index (χ1v) is 10.3. The monoisotopic (exact) mass is 389 g/mol. The molecule has 1 saturated carbocycles. The summed E-state index contributed by atoms with van der Waals surface area (Å²) in [7, 11) is 0. The third-order valence-electron chi connectivity index (χ3n) is 5.56. The van der Waals surface area contributed by atoms with Gasteiger partial charge in [0.25, 0.3) is 11.5 Å². The number of hydrogen-bond acceptors (Lipinski definition) is 5. The number of nitrogens with zero attached hydrogens (tertiary/aromatic N) is 3. The fraction of sp³-hybridized carbons (Fsp3) is 0.579. The van der Waals surface area contributed by atoms with Crippen LogP contribution in [0.1, 0.15) is 60.1 Å². The normalized spacial score (nSPS) is 18.0. The second kappa shape index (κ2) is 6.74. The van der Waals surface area contributed by atoms with Gasteiger partial charge in [0.1, 0.15) is 16.7 Å². The van der Waals surface area contributed by atoms with Gasteiger partial charge in [-0.2, -0.15) is 0 Å². The number of carbonyl (C=O) groups is 2. The molecule has 3 heterocycles. The van der Waals surface area contributed by atoms with E-state index in [2.05, 4.69) is 0 Å². The zero-order chi connectivity index (χ0) is 19.3. The van der Waals surface area contributed by atoms with Gasteiger partial charge in [-0.15, -0.1) is 11.3 Å². The van der Waals surface area contributed by atoms with Crippen LogP contribution < -0.4 is 5.56 Å². The van der Waals surface area contributed by atoms with Crippen LogP contribution in [0.2, 0.25) is 0 Å². The van der Waals surface area contributed by atoms with E-state index in [0.717, 1.165) is 44.3 Å². The van der Waals surface area contributed by atoms with Gasteiger partial charge in [-0.05, 0) is 45.1 Å². The highest BCUT2D eigenvalue weighted by Crippen LogP contribution is 2.34. The van der Waals surface area contributed by atoms with Crippen molar-refractivity contribution in [3.05, 3.63) is 26.6 Å². The van der Waals surface area contributed by atoms with Gasteiger partial charge in [0.2, 0.25) is 0 Å². The molecule has 1 aliphatic carbocycles. The SMILES string of the molecule is Cc1c(C(=O)N(C2CC2)C(C)C(=O)O)sc2nc3n(c(=O)c12)CCCCC3. The van der Waals surface area contributed by atoms with Gasteiger partial charge in [-0.25, -0.2) is 9.78 Å². The van der Waals surface area contributed by atoms with Crippen molar-refractivity contribution < 1.29 is 14.7 Å². The van der Waals surface area contributed by atoms with Crippen LogP contribution >= 0.6 is 11.3 Å². The summed E-state index contributed by atoms with van der Waals surface area (Å²) in [6, 6.07) is -0.917. The highest BCUT2D eigenvalue weighted by molar-refractivity contribution is 7.20. The summed E-state index contributed by atoms with van der Waals surface area (Å²) in [6.45, 7) is 3.98. The Morgan fingerprint density at radius 1 is 1.30 bits per heavy atom. The lowest BCUT2D eigenvalue weighted by molar-refractivity contribution is -0.141. The van der Waals surface area contributed by atoms with E-state index >= 15 is 0 Å². The third kappa shape index (κ3) is 3.05. The van der Waals surface area contributed by atoms with Gasteiger partial charge < -0.3 is 10.0 Å². The molecular formula is C19H23N3O4S. The Morgan fingerprint density at radius 2 is 2.04 bits per heavy atom. The summed E-state index contributed by atoms with van der Waals surface area (Å²) in [4.78, 5) is 44.9. The second-order valence-electron chi connectivity index (χ2n) is 7.49. The molecule has 1 aliphatic heterocycles. The first-order valence-electron chi connectivity index (χ1n) is 9.48. The summed E-state index contributed by atoms with van der Waals surface area (Å²) in [6.07, 6.45) is 5.48. The lowest BCUT2D eigenvalue weighted by atomic mass is 10.1. The zero-order valence-electron chi connectivity index (χ0n) is 15.5. The minimum Gasteiger partial charge on any atom is -0.480 e. The summed E-state index contributed by atoms with van der Waals surface area (Å²) in [5.41, 5.74) is 0.550. The molecule has 2 aromatic rings. The quantitative estimate of drug-likeness (QED) is 0.868. The van der Waals surface area contributed by atoms with Gasteiger partial charge in [0.05, 0.1) is 10.3 Å². The van der Waals surface area contributed by atoms with Crippen LogP contribution in [0.3, 0.4) is 0 Å². The Kier molecular flexibility index (Phi) is 4.53. The zero-order valence-corrected chi connectivity index (χ0v) is 16.3. The van der Waals surface area contributed by atoms with Gasteiger partial charge in [-0.3, -0.25) is 14.2 Å². The Labute approximate surface area is 160 Å². The number of carbonyl (C=O) groups excluding carboxylic acids is 1. The molecule has 8 heteroatoms.